The molecule has 4 aromatic rings. The Morgan fingerprint density at radius 1 is 1.10 bits per heavy atom. The highest BCUT2D eigenvalue weighted by atomic mass is 32.1. The molecule has 2 aromatic carbocycles. The van der Waals surface area contributed by atoms with Crippen LogP contribution in [0.2, 0.25) is 0 Å². The van der Waals surface area contributed by atoms with Crippen LogP contribution in [0.25, 0.3) is 22.1 Å². The number of thiophene rings is 1. The van der Waals surface area contributed by atoms with Crippen LogP contribution >= 0.6 is 11.3 Å². The summed E-state index contributed by atoms with van der Waals surface area (Å²) < 4.78 is 11.0. The number of amides is 1. The molecule has 0 spiro atoms. The summed E-state index contributed by atoms with van der Waals surface area (Å²) in [6, 6.07) is 13.6. The number of hydrogen-bond acceptors (Lipinski definition) is 5. The van der Waals surface area contributed by atoms with Gasteiger partial charge in [-0.05, 0) is 37.5 Å². The summed E-state index contributed by atoms with van der Waals surface area (Å²) in [7, 11) is 0. The smallest absolute Gasteiger partial charge is 0.341 e. The fraction of sp³-hybridized carbons (Fsp3) is 0.200. The van der Waals surface area contributed by atoms with Gasteiger partial charge in [-0.2, -0.15) is 0 Å². The van der Waals surface area contributed by atoms with Crippen LogP contribution in [0.1, 0.15) is 34.0 Å². The van der Waals surface area contributed by atoms with E-state index in [4.69, 9.17) is 9.15 Å². The van der Waals surface area contributed by atoms with Crippen LogP contribution < -0.4 is 5.32 Å². The molecule has 0 bridgehead atoms. The lowest BCUT2D eigenvalue weighted by atomic mass is 10.0. The molecular weight excluding hydrogens is 410 g/mol. The van der Waals surface area contributed by atoms with Gasteiger partial charge in [0.2, 0.25) is 5.91 Å². The second kappa shape index (κ2) is 8.78. The number of esters is 1. The Labute approximate surface area is 184 Å². The number of furan rings is 1. The Morgan fingerprint density at radius 2 is 1.87 bits per heavy atom. The zero-order valence-corrected chi connectivity index (χ0v) is 18.5. The van der Waals surface area contributed by atoms with Crippen LogP contribution in [0.3, 0.4) is 0 Å². The maximum absolute atomic E-state index is 12.9. The molecule has 0 aliphatic heterocycles. The monoisotopic (exact) mass is 433 g/mol. The third kappa shape index (κ3) is 4.11. The third-order valence-electron chi connectivity index (χ3n) is 5.30. The first kappa shape index (κ1) is 20.9. The Bertz CT molecular complexity index is 1250. The van der Waals surface area contributed by atoms with Gasteiger partial charge in [0.25, 0.3) is 0 Å². The van der Waals surface area contributed by atoms with Gasteiger partial charge in [0, 0.05) is 21.9 Å². The van der Waals surface area contributed by atoms with Gasteiger partial charge in [-0.25, -0.2) is 4.79 Å². The molecule has 4 rings (SSSR count). The van der Waals surface area contributed by atoms with E-state index in [1.807, 2.05) is 61.7 Å². The molecule has 6 heteroatoms. The van der Waals surface area contributed by atoms with Crippen LogP contribution in [0.15, 0.2) is 58.5 Å². The fourth-order valence-electron chi connectivity index (χ4n) is 3.56. The summed E-state index contributed by atoms with van der Waals surface area (Å²) in [6.45, 7) is 6.06. The van der Waals surface area contributed by atoms with Crippen molar-refractivity contribution in [2.75, 3.05) is 11.9 Å². The van der Waals surface area contributed by atoms with E-state index in [-0.39, 0.29) is 18.9 Å². The number of aryl methyl sites for hydroxylation is 2. The quantitative estimate of drug-likeness (QED) is 0.371. The summed E-state index contributed by atoms with van der Waals surface area (Å²) in [5, 5.41) is 6.20. The van der Waals surface area contributed by atoms with Gasteiger partial charge in [0.1, 0.15) is 16.1 Å². The molecule has 5 nitrogen and oxygen atoms in total. The summed E-state index contributed by atoms with van der Waals surface area (Å²) >= 11 is 1.32. The highest BCUT2D eigenvalue weighted by Gasteiger charge is 2.23. The van der Waals surface area contributed by atoms with Gasteiger partial charge in [0.05, 0.1) is 19.3 Å². The Kier molecular flexibility index (Phi) is 5.91. The highest BCUT2D eigenvalue weighted by Crippen LogP contribution is 2.36. The molecule has 0 fully saturated rings. The van der Waals surface area contributed by atoms with E-state index in [9.17, 15) is 9.59 Å². The van der Waals surface area contributed by atoms with Gasteiger partial charge in [-0.3, -0.25) is 4.79 Å². The SMILES string of the molecule is CCOC(=O)c1c(-c2ccccc2)csc1NC(=O)Cc1coc2c(C)c(C)ccc12. The number of ether oxygens (including phenoxy) is 1. The average Bonchev–Trinajstić information content (AvgIpc) is 3.36. The second-order valence-corrected chi connectivity index (χ2v) is 8.19. The summed E-state index contributed by atoms with van der Waals surface area (Å²) in [6.07, 6.45) is 1.78. The molecule has 2 heterocycles. The zero-order valence-electron chi connectivity index (χ0n) is 17.7. The minimum absolute atomic E-state index is 0.149. The number of hydrogen-bond donors (Lipinski definition) is 1. The van der Waals surface area contributed by atoms with Gasteiger partial charge >= 0.3 is 5.97 Å². The number of rotatable bonds is 6. The van der Waals surface area contributed by atoms with Crippen molar-refractivity contribution in [3.8, 4) is 11.1 Å². The normalized spacial score (nSPS) is 10.9. The highest BCUT2D eigenvalue weighted by molar-refractivity contribution is 7.15. The van der Waals surface area contributed by atoms with Crippen LogP contribution in [-0.2, 0) is 16.0 Å². The molecule has 1 amide bonds. The first-order chi connectivity index (χ1) is 15.0. The van der Waals surface area contributed by atoms with E-state index in [2.05, 4.69) is 5.32 Å². The predicted octanol–water partition coefficient (Wildman–Crippen LogP) is 6.14. The summed E-state index contributed by atoms with van der Waals surface area (Å²) in [5.41, 5.74) is 5.86. The van der Waals surface area contributed by atoms with E-state index in [0.29, 0.717) is 10.6 Å². The number of nitrogens with one attached hydrogen (secondary N) is 1. The molecule has 0 atom stereocenters. The van der Waals surface area contributed by atoms with E-state index >= 15 is 0 Å². The number of carbonyl (C=O) groups excluding carboxylic acids is 2. The number of anilines is 1. The maximum Gasteiger partial charge on any atom is 0.341 e. The third-order valence-corrected chi connectivity index (χ3v) is 6.20. The minimum atomic E-state index is -0.447. The van der Waals surface area contributed by atoms with Crippen molar-refractivity contribution in [3.05, 3.63) is 76.4 Å². The molecular formula is C25H23NO4S. The van der Waals surface area contributed by atoms with Crippen molar-refractivity contribution in [3.63, 3.8) is 0 Å². The molecule has 0 radical (unpaired) electrons. The lowest BCUT2D eigenvalue weighted by molar-refractivity contribution is -0.115. The van der Waals surface area contributed by atoms with Gasteiger partial charge in [-0.15, -0.1) is 11.3 Å². The first-order valence-corrected chi connectivity index (χ1v) is 11.0. The molecule has 31 heavy (non-hydrogen) atoms. The standard InChI is InChI=1S/C25H23NO4S/c1-4-29-25(28)22-20(17-8-6-5-7-9-17)14-31-24(22)26-21(27)12-18-13-30-23-16(3)15(2)10-11-19(18)23/h5-11,13-14H,4,12H2,1-3H3,(H,26,27). The van der Waals surface area contributed by atoms with E-state index in [1.54, 1.807) is 13.2 Å². The largest absolute Gasteiger partial charge is 0.464 e. The molecule has 0 unspecified atom stereocenters. The number of benzene rings is 2. The van der Waals surface area contributed by atoms with Gasteiger partial charge < -0.3 is 14.5 Å². The number of carbonyl (C=O) groups is 2. The van der Waals surface area contributed by atoms with Crippen molar-refractivity contribution < 1.29 is 18.7 Å². The number of fused-ring (bicyclic) bond motifs is 1. The van der Waals surface area contributed by atoms with Crippen molar-refractivity contribution in [2.45, 2.75) is 27.2 Å². The average molecular weight is 434 g/mol. The lowest BCUT2D eigenvalue weighted by Crippen LogP contribution is -2.16. The van der Waals surface area contributed by atoms with Crippen LogP contribution in [0.4, 0.5) is 5.00 Å². The van der Waals surface area contributed by atoms with E-state index in [0.717, 1.165) is 38.8 Å². The molecule has 1 N–H and O–H groups in total. The van der Waals surface area contributed by atoms with Gasteiger partial charge in [0.15, 0.2) is 0 Å². The minimum Gasteiger partial charge on any atom is -0.464 e. The molecule has 2 aromatic heterocycles. The second-order valence-electron chi connectivity index (χ2n) is 7.31. The van der Waals surface area contributed by atoms with Crippen molar-refractivity contribution >= 4 is 39.2 Å². The Morgan fingerprint density at radius 3 is 2.61 bits per heavy atom. The Balaban J connectivity index is 1.62. The summed E-state index contributed by atoms with van der Waals surface area (Å²) in [5.74, 6) is -0.661. The molecule has 0 saturated heterocycles. The topological polar surface area (TPSA) is 68.5 Å². The lowest BCUT2D eigenvalue weighted by Gasteiger charge is -2.09. The van der Waals surface area contributed by atoms with E-state index < -0.39 is 5.97 Å². The maximum atomic E-state index is 12.9. The van der Waals surface area contributed by atoms with Crippen molar-refractivity contribution in [2.24, 2.45) is 0 Å². The zero-order chi connectivity index (χ0) is 22.0. The van der Waals surface area contributed by atoms with E-state index in [1.165, 1.54) is 11.3 Å². The van der Waals surface area contributed by atoms with Crippen LogP contribution in [0.5, 0.6) is 0 Å². The summed E-state index contributed by atoms with van der Waals surface area (Å²) in [4.78, 5) is 25.5. The van der Waals surface area contributed by atoms with Gasteiger partial charge in [-0.1, -0.05) is 42.5 Å². The van der Waals surface area contributed by atoms with Crippen molar-refractivity contribution in [1.82, 2.24) is 0 Å². The first-order valence-electron chi connectivity index (χ1n) is 10.1. The Hall–Kier alpha value is -3.38. The molecule has 158 valence electrons. The fourth-order valence-corrected chi connectivity index (χ4v) is 4.53. The van der Waals surface area contributed by atoms with Crippen LogP contribution in [0, 0.1) is 13.8 Å². The predicted molar refractivity (Wildman–Crippen MR) is 124 cm³/mol. The molecule has 0 aliphatic carbocycles. The molecule has 0 saturated carbocycles. The molecule has 0 aliphatic rings. The van der Waals surface area contributed by atoms with Crippen LogP contribution in [-0.4, -0.2) is 18.5 Å². The van der Waals surface area contributed by atoms with Crippen molar-refractivity contribution in [1.29, 1.82) is 0 Å².